The highest BCUT2D eigenvalue weighted by molar-refractivity contribution is 8.01. The van der Waals surface area contributed by atoms with Crippen LogP contribution in [-0.4, -0.2) is 28.7 Å². The number of amides is 1. The number of rotatable bonds is 5. The zero-order chi connectivity index (χ0) is 20.5. The van der Waals surface area contributed by atoms with Crippen LogP contribution < -0.4 is 4.90 Å². The van der Waals surface area contributed by atoms with Crippen molar-refractivity contribution in [2.75, 3.05) is 11.5 Å². The van der Waals surface area contributed by atoms with E-state index in [1.807, 2.05) is 30.3 Å². The van der Waals surface area contributed by atoms with Crippen molar-refractivity contribution in [2.24, 2.45) is 0 Å². The van der Waals surface area contributed by atoms with Crippen LogP contribution in [0.15, 0.2) is 41.3 Å². The Hall–Kier alpha value is -1.80. The van der Waals surface area contributed by atoms with Crippen molar-refractivity contribution in [3.8, 4) is 0 Å². The largest absolute Gasteiger partial charge is 0.466 e. The van der Waals surface area contributed by atoms with Crippen LogP contribution in [0.3, 0.4) is 0 Å². The highest BCUT2D eigenvalue weighted by Crippen LogP contribution is 2.42. The molecule has 1 aliphatic heterocycles. The number of thiazole rings is 1. The number of nitrogens with zero attached hydrogens (tertiary/aromatic N) is 2. The fraction of sp³-hybridized carbons (Fsp3) is 0.250. The smallest absolute Gasteiger partial charge is 0.307 e. The van der Waals surface area contributed by atoms with Crippen molar-refractivity contribution in [3.63, 3.8) is 0 Å². The van der Waals surface area contributed by atoms with E-state index in [1.54, 1.807) is 17.9 Å². The number of carbonyl (C=O) groups is 2. The second-order valence-electron chi connectivity index (χ2n) is 6.32. The van der Waals surface area contributed by atoms with Gasteiger partial charge in [0.15, 0.2) is 0 Å². The first kappa shape index (κ1) is 20.5. The number of aromatic nitrogens is 1. The van der Waals surface area contributed by atoms with E-state index >= 15 is 0 Å². The van der Waals surface area contributed by atoms with Gasteiger partial charge in [0.25, 0.3) is 0 Å². The van der Waals surface area contributed by atoms with E-state index in [2.05, 4.69) is 4.98 Å². The third kappa shape index (κ3) is 4.10. The van der Waals surface area contributed by atoms with Crippen LogP contribution in [0.5, 0.6) is 0 Å². The molecule has 1 aromatic heterocycles. The van der Waals surface area contributed by atoms with Gasteiger partial charge in [0.2, 0.25) is 5.91 Å². The van der Waals surface area contributed by atoms with Gasteiger partial charge >= 0.3 is 5.97 Å². The molecule has 0 bridgehead atoms. The maximum Gasteiger partial charge on any atom is 0.307 e. The third-order valence-corrected chi connectivity index (χ3v) is 7.65. The Kier molecular flexibility index (Phi) is 6.01. The summed E-state index contributed by atoms with van der Waals surface area (Å²) in [5.74, 6) is -0.510. The van der Waals surface area contributed by atoms with Gasteiger partial charge in [-0.25, -0.2) is 4.98 Å². The number of carbonyl (C=O) groups excluding carboxylic acids is 2. The molecule has 150 valence electrons. The van der Waals surface area contributed by atoms with Gasteiger partial charge in [-0.3, -0.25) is 9.59 Å². The van der Waals surface area contributed by atoms with E-state index < -0.39 is 5.25 Å². The molecule has 0 fully saturated rings. The standard InChI is InChI=1S/C20H16Cl2N2O3S2/c1-2-27-17(25)9-15-20(26)24(13-5-3-4-6-14(13)28-15)10-16-23-12-8-7-11(21)18(22)19(12)29-16/h3-8,15H,2,9-10H2,1H3. The first-order chi connectivity index (χ1) is 14.0. The van der Waals surface area contributed by atoms with Gasteiger partial charge in [-0.15, -0.1) is 23.1 Å². The van der Waals surface area contributed by atoms with Crippen molar-refractivity contribution in [3.05, 3.63) is 51.5 Å². The lowest BCUT2D eigenvalue weighted by atomic mass is 10.2. The highest BCUT2D eigenvalue weighted by Gasteiger charge is 2.35. The van der Waals surface area contributed by atoms with Gasteiger partial charge in [-0.05, 0) is 31.2 Å². The Morgan fingerprint density at radius 2 is 2.03 bits per heavy atom. The second kappa shape index (κ2) is 8.52. The van der Waals surface area contributed by atoms with Crippen molar-refractivity contribution in [1.29, 1.82) is 0 Å². The maximum atomic E-state index is 13.2. The van der Waals surface area contributed by atoms with Crippen LogP contribution in [-0.2, 0) is 20.9 Å². The number of para-hydroxylation sites is 1. The van der Waals surface area contributed by atoms with Crippen LogP contribution in [0.2, 0.25) is 10.0 Å². The van der Waals surface area contributed by atoms with Gasteiger partial charge in [0.1, 0.15) is 5.01 Å². The van der Waals surface area contributed by atoms with E-state index in [0.717, 1.165) is 25.8 Å². The quantitative estimate of drug-likeness (QED) is 0.460. The molecule has 1 aliphatic rings. The highest BCUT2D eigenvalue weighted by atomic mass is 35.5. The van der Waals surface area contributed by atoms with Crippen molar-refractivity contribution >= 4 is 74.1 Å². The summed E-state index contributed by atoms with van der Waals surface area (Å²) < 4.78 is 5.83. The predicted molar refractivity (Wildman–Crippen MR) is 118 cm³/mol. The minimum Gasteiger partial charge on any atom is -0.466 e. The zero-order valence-corrected chi connectivity index (χ0v) is 18.5. The summed E-state index contributed by atoms with van der Waals surface area (Å²) in [7, 11) is 0. The lowest BCUT2D eigenvalue weighted by Crippen LogP contribution is -2.41. The number of esters is 1. The normalized spacial score (nSPS) is 16.2. The molecule has 0 radical (unpaired) electrons. The molecule has 1 amide bonds. The van der Waals surface area contributed by atoms with Crippen LogP contribution in [0, 0.1) is 0 Å². The summed E-state index contributed by atoms with van der Waals surface area (Å²) in [6.45, 7) is 2.34. The molecule has 2 heterocycles. The molecule has 0 aliphatic carbocycles. The monoisotopic (exact) mass is 466 g/mol. The molecule has 2 aromatic carbocycles. The summed E-state index contributed by atoms with van der Waals surface area (Å²) in [6, 6.07) is 11.2. The molecule has 3 aromatic rings. The van der Waals surface area contributed by atoms with Crippen molar-refractivity contribution in [1.82, 2.24) is 4.98 Å². The summed E-state index contributed by atoms with van der Waals surface area (Å²) in [5, 5.41) is 1.15. The van der Waals surface area contributed by atoms with E-state index in [9.17, 15) is 9.59 Å². The first-order valence-corrected chi connectivity index (χ1v) is 11.4. The lowest BCUT2D eigenvalue weighted by molar-refractivity contribution is -0.144. The van der Waals surface area contributed by atoms with Crippen LogP contribution in [0.1, 0.15) is 18.4 Å². The summed E-state index contributed by atoms with van der Waals surface area (Å²) in [6.07, 6.45) is 0.0312. The lowest BCUT2D eigenvalue weighted by Gasteiger charge is -2.32. The zero-order valence-electron chi connectivity index (χ0n) is 15.4. The number of hydrogen-bond acceptors (Lipinski definition) is 6. The number of anilines is 1. The molecular formula is C20H16Cl2N2O3S2. The summed E-state index contributed by atoms with van der Waals surface area (Å²) in [4.78, 5) is 32.4. The number of hydrogen-bond donors (Lipinski definition) is 0. The van der Waals surface area contributed by atoms with Gasteiger partial charge in [0.05, 0.1) is 50.8 Å². The van der Waals surface area contributed by atoms with Gasteiger partial charge in [-0.2, -0.15) is 0 Å². The number of thioether (sulfide) groups is 1. The first-order valence-electron chi connectivity index (χ1n) is 8.94. The van der Waals surface area contributed by atoms with E-state index in [1.165, 1.54) is 23.1 Å². The van der Waals surface area contributed by atoms with E-state index in [-0.39, 0.29) is 18.3 Å². The van der Waals surface area contributed by atoms with Gasteiger partial charge < -0.3 is 9.64 Å². The fourth-order valence-corrected chi connectivity index (χ4v) is 5.81. The average molecular weight is 467 g/mol. The van der Waals surface area contributed by atoms with Gasteiger partial charge in [0, 0.05) is 4.90 Å². The second-order valence-corrected chi connectivity index (χ2v) is 9.44. The summed E-state index contributed by atoms with van der Waals surface area (Å²) in [5.41, 5.74) is 1.56. The van der Waals surface area contributed by atoms with Crippen molar-refractivity contribution < 1.29 is 14.3 Å². The molecule has 1 unspecified atom stereocenters. The fourth-order valence-electron chi connectivity index (χ4n) is 3.12. The molecule has 5 nitrogen and oxygen atoms in total. The molecule has 1 atom stereocenters. The van der Waals surface area contributed by atoms with Crippen LogP contribution in [0.4, 0.5) is 5.69 Å². The molecular weight excluding hydrogens is 451 g/mol. The predicted octanol–water partition coefficient (Wildman–Crippen LogP) is 5.56. The van der Waals surface area contributed by atoms with E-state index in [4.69, 9.17) is 27.9 Å². The SMILES string of the molecule is CCOC(=O)CC1Sc2ccccc2N(Cc2nc3ccc(Cl)c(Cl)c3s2)C1=O. The topological polar surface area (TPSA) is 59.5 Å². The molecule has 4 rings (SSSR count). The minimum absolute atomic E-state index is 0.0312. The molecule has 0 spiro atoms. The molecule has 0 N–H and O–H groups in total. The average Bonchev–Trinajstić information content (AvgIpc) is 3.12. The molecule has 9 heteroatoms. The Balaban J connectivity index is 1.67. The van der Waals surface area contributed by atoms with Crippen molar-refractivity contribution in [2.45, 2.75) is 30.0 Å². The Labute approximate surface area is 186 Å². The van der Waals surface area contributed by atoms with E-state index in [0.29, 0.717) is 23.2 Å². The number of fused-ring (bicyclic) bond motifs is 2. The number of benzene rings is 2. The molecule has 0 saturated heterocycles. The minimum atomic E-state index is -0.531. The Morgan fingerprint density at radius 3 is 2.83 bits per heavy atom. The van der Waals surface area contributed by atoms with Crippen LogP contribution >= 0.6 is 46.3 Å². The maximum absolute atomic E-state index is 13.2. The Morgan fingerprint density at radius 1 is 1.24 bits per heavy atom. The third-order valence-electron chi connectivity index (χ3n) is 4.41. The summed E-state index contributed by atoms with van der Waals surface area (Å²) >= 11 is 15.2. The number of halogens is 2. The molecule has 29 heavy (non-hydrogen) atoms. The number of ether oxygens (including phenoxy) is 1. The Bertz CT molecular complexity index is 1100. The van der Waals surface area contributed by atoms with Crippen LogP contribution in [0.25, 0.3) is 10.2 Å². The van der Waals surface area contributed by atoms with Gasteiger partial charge in [-0.1, -0.05) is 35.3 Å². The molecule has 0 saturated carbocycles.